The van der Waals surface area contributed by atoms with Crippen LogP contribution in [0.1, 0.15) is 25.3 Å². The van der Waals surface area contributed by atoms with Gasteiger partial charge in [-0.05, 0) is 44.5 Å². The van der Waals surface area contributed by atoms with Gasteiger partial charge in [0, 0.05) is 51.7 Å². The van der Waals surface area contributed by atoms with Crippen molar-refractivity contribution in [3.63, 3.8) is 0 Å². The third-order valence-corrected chi connectivity index (χ3v) is 5.60. The van der Waals surface area contributed by atoms with Crippen LogP contribution in [0.4, 0.5) is 4.79 Å². The number of hydrogen-bond acceptors (Lipinski definition) is 4. The summed E-state index contributed by atoms with van der Waals surface area (Å²) in [6.07, 6.45) is 1.50. The number of likely N-dealkylation sites (N-methyl/N-ethyl adjacent to an activating group) is 1. The highest BCUT2D eigenvalue weighted by atomic mass is 16.5. The van der Waals surface area contributed by atoms with Gasteiger partial charge in [0.05, 0.1) is 6.61 Å². The van der Waals surface area contributed by atoms with E-state index >= 15 is 0 Å². The molecule has 1 aromatic carbocycles. The molecule has 1 aromatic rings. The van der Waals surface area contributed by atoms with Crippen LogP contribution >= 0.6 is 0 Å². The largest absolute Gasteiger partial charge is 0.494 e. The molecule has 2 fully saturated rings. The molecule has 0 unspecified atom stereocenters. The SMILES string of the molecule is CCOc1cccc(CNC(=O)N2CCC(C(=O)N3CCN(C)CC3)CC2)c1. The van der Waals surface area contributed by atoms with Crippen molar-refractivity contribution in [2.45, 2.75) is 26.3 Å². The number of ether oxygens (including phenoxy) is 1. The van der Waals surface area contributed by atoms with Gasteiger partial charge < -0.3 is 24.8 Å². The van der Waals surface area contributed by atoms with E-state index in [1.807, 2.05) is 41.0 Å². The Morgan fingerprint density at radius 2 is 1.79 bits per heavy atom. The number of benzene rings is 1. The van der Waals surface area contributed by atoms with E-state index in [0.717, 1.165) is 50.3 Å². The lowest BCUT2D eigenvalue weighted by atomic mass is 9.95. The number of piperidine rings is 1. The van der Waals surface area contributed by atoms with Gasteiger partial charge in [0.25, 0.3) is 0 Å². The molecule has 7 heteroatoms. The van der Waals surface area contributed by atoms with E-state index in [1.165, 1.54) is 0 Å². The van der Waals surface area contributed by atoms with Gasteiger partial charge >= 0.3 is 6.03 Å². The van der Waals surface area contributed by atoms with Gasteiger partial charge in [0.2, 0.25) is 5.91 Å². The minimum absolute atomic E-state index is 0.0512. The summed E-state index contributed by atoms with van der Waals surface area (Å²) in [6, 6.07) is 7.71. The average Bonchev–Trinajstić information content (AvgIpc) is 2.73. The molecular formula is C21H32N4O3. The lowest BCUT2D eigenvalue weighted by Crippen LogP contribution is -2.51. The maximum Gasteiger partial charge on any atom is 0.317 e. The van der Waals surface area contributed by atoms with Gasteiger partial charge in [0.15, 0.2) is 0 Å². The number of urea groups is 1. The molecule has 0 atom stereocenters. The molecule has 154 valence electrons. The van der Waals surface area contributed by atoms with Crippen LogP contribution in [-0.2, 0) is 11.3 Å². The number of rotatable bonds is 5. The highest BCUT2D eigenvalue weighted by Crippen LogP contribution is 2.21. The Morgan fingerprint density at radius 1 is 1.07 bits per heavy atom. The van der Waals surface area contributed by atoms with Gasteiger partial charge in [-0.15, -0.1) is 0 Å². The second-order valence-corrected chi connectivity index (χ2v) is 7.63. The molecule has 3 amide bonds. The molecule has 0 aliphatic carbocycles. The molecule has 28 heavy (non-hydrogen) atoms. The van der Waals surface area contributed by atoms with Crippen LogP contribution in [-0.4, -0.2) is 79.6 Å². The molecule has 0 aromatic heterocycles. The number of carbonyl (C=O) groups is 2. The van der Waals surface area contributed by atoms with E-state index in [-0.39, 0.29) is 17.9 Å². The maximum atomic E-state index is 12.7. The Balaban J connectivity index is 1.42. The minimum Gasteiger partial charge on any atom is -0.494 e. The van der Waals surface area contributed by atoms with Crippen LogP contribution < -0.4 is 10.1 Å². The van der Waals surface area contributed by atoms with Crippen LogP contribution in [0.25, 0.3) is 0 Å². The zero-order valence-corrected chi connectivity index (χ0v) is 17.0. The summed E-state index contributed by atoms with van der Waals surface area (Å²) < 4.78 is 5.50. The number of likely N-dealkylation sites (tertiary alicyclic amines) is 1. The molecule has 7 nitrogen and oxygen atoms in total. The number of hydrogen-bond donors (Lipinski definition) is 1. The third kappa shape index (κ3) is 5.38. The Hall–Kier alpha value is -2.28. The first-order valence-corrected chi connectivity index (χ1v) is 10.3. The molecule has 0 radical (unpaired) electrons. The first-order valence-electron chi connectivity index (χ1n) is 10.3. The molecule has 1 N–H and O–H groups in total. The Morgan fingerprint density at radius 3 is 2.46 bits per heavy atom. The Kier molecular flexibility index (Phi) is 7.14. The summed E-state index contributed by atoms with van der Waals surface area (Å²) >= 11 is 0. The lowest BCUT2D eigenvalue weighted by molar-refractivity contribution is -0.138. The van der Waals surface area contributed by atoms with Crippen LogP contribution in [0.3, 0.4) is 0 Å². The summed E-state index contributed by atoms with van der Waals surface area (Å²) in [5, 5.41) is 2.98. The first-order chi connectivity index (χ1) is 13.6. The van der Waals surface area contributed by atoms with Gasteiger partial charge in [0.1, 0.15) is 5.75 Å². The van der Waals surface area contributed by atoms with Crippen molar-refractivity contribution in [1.29, 1.82) is 0 Å². The summed E-state index contributed by atoms with van der Waals surface area (Å²) in [7, 11) is 2.09. The van der Waals surface area contributed by atoms with Crippen LogP contribution in [0.2, 0.25) is 0 Å². The second-order valence-electron chi connectivity index (χ2n) is 7.63. The normalized spacial score (nSPS) is 18.8. The smallest absolute Gasteiger partial charge is 0.317 e. The van der Waals surface area contributed by atoms with Crippen molar-refractivity contribution in [2.75, 3.05) is 52.9 Å². The Bertz CT molecular complexity index is 665. The fourth-order valence-corrected chi connectivity index (χ4v) is 3.82. The van der Waals surface area contributed by atoms with Gasteiger partial charge in [-0.3, -0.25) is 4.79 Å². The number of nitrogens with zero attached hydrogens (tertiary/aromatic N) is 3. The van der Waals surface area contributed by atoms with Crippen LogP contribution in [0, 0.1) is 5.92 Å². The van der Waals surface area contributed by atoms with Crippen molar-refractivity contribution in [1.82, 2.24) is 20.0 Å². The number of carbonyl (C=O) groups excluding carboxylic acids is 2. The quantitative estimate of drug-likeness (QED) is 0.835. The molecule has 2 heterocycles. The molecule has 2 saturated heterocycles. The van der Waals surface area contributed by atoms with E-state index in [1.54, 1.807) is 0 Å². The molecule has 3 rings (SSSR count). The first kappa shape index (κ1) is 20.5. The van der Waals surface area contributed by atoms with Gasteiger partial charge in [-0.2, -0.15) is 0 Å². The summed E-state index contributed by atoms with van der Waals surface area (Å²) in [5.41, 5.74) is 1.01. The molecule has 0 saturated carbocycles. The molecule has 0 spiro atoms. The Labute approximate surface area is 167 Å². The molecular weight excluding hydrogens is 356 g/mol. The fraction of sp³-hybridized carbons (Fsp3) is 0.619. The lowest BCUT2D eigenvalue weighted by Gasteiger charge is -2.37. The van der Waals surface area contributed by atoms with E-state index < -0.39 is 0 Å². The summed E-state index contributed by atoms with van der Waals surface area (Å²) in [6.45, 7) is 7.83. The fourth-order valence-electron chi connectivity index (χ4n) is 3.82. The third-order valence-electron chi connectivity index (χ3n) is 5.60. The molecule has 2 aliphatic rings. The molecule has 2 aliphatic heterocycles. The minimum atomic E-state index is -0.0627. The molecule has 0 bridgehead atoms. The standard InChI is InChI=1S/C21H32N4O3/c1-3-28-19-6-4-5-17(15-19)16-22-21(27)25-9-7-18(8-10-25)20(26)24-13-11-23(2)12-14-24/h4-6,15,18H,3,7-14,16H2,1-2H3,(H,22,27). The predicted molar refractivity (Wildman–Crippen MR) is 108 cm³/mol. The zero-order chi connectivity index (χ0) is 19.9. The number of piperazine rings is 1. The van der Waals surface area contributed by atoms with Crippen molar-refractivity contribution in [2.24, 2.45) is 5.92 Å². The van der Waals surface area contributed by atoms with E-state index in [0.29, 0.717) is 26.2 Å². The monoisotopic (exact) mass is 388 g/mol. The highest BCUT2D eigenvalue weighted by Gasteiger charge is 2.31. The second kappa shape index (κ2) is 9.78. The summed E-state index contributed by atoms with van der Waals surface area (Å²) in [4.78, 5) is 31.2. The van der Waals surface area contributed by atoms with E-state index in [9.17, 15) is 9.59 Å². The van der Waals surface area contributed by atoms with E-state index in [2.05, 4.69) is 17.3 Å². The van der Waals surface area contributed by atoms with Crippen molar-refractivity contribution >= 4 is 11.9 Å². The van der Waals surface area contributed by atoms with Crippen LogP contribution in [0.5, 0.6) is 5.75 Å². The highest BCUT2D eigenvalue weighted by molar-refractivity contribution is 5.80. The van der Waals surface area contributed by atoms with Crippen molar-refractivity contribution in [3.8, 4) is 5.75 Å². The summed E-state index contributed by atoms with van der Waals surface area (Å²) in [5.74, 6) is 1.13. The zero-order valence-electron chi connectivity index (χ0n) is 17.0. The predicted octanol–water partition coefficient (Wildman–Crippen LogP) is 1.78. The van der Waals surface area contributed by atoms with Crippen molar-refractivity contribution < 1.29 is 14.3 Å². The van der Waals surface area contributed by atoms with Crippen LogP contribution in [0.15, 0.2) is 24.3 Å². The number of nitrogens with one attached hydrogen (secondary N) is 1. The topological polar surface area (TPSA) is 65.1 Å². The van der Waals surface area contributed by atoms with E-state index in [4.69, 9.17) is 4.74 Å². The van der Waals surface area contributed by atoms with Gasteiger partial charge in [-0.25, -0.2) is 4.79 Å². The van der Waals surface area contributed by atoms with Gasteiger partial charge in [-0.1, -0.05) is 12.1 Å². The number of amides is 3. The maximum absolute atomic E-state index is 12.7. The average molecular weight is 389 g/mol. The van der Waals surface area contributed by atoms with Crippen molar-refractivity contribution in [3.05, 3.63) is 29.8 Å².